The van der Waals surface area contributed by atoms with Crippen molar-refractivity contribution < 1.29 is 18.7 Å². The first-order chi connectivity index (χ1) is 14.7. The van der Waals surface area contributed by atoms with Gasteiger partial charge in [-0.1, -0.05) is 0 Å². The van der Waals surface area contributed by atoms with Crippen LogP contribution in [0.2, 0.25) is 0 Å². The highest BCUT2D eigenvalue weighted by molar-refractivity contribution is 9.10. The molecule has 31 heavy (non-hydrogen) atoms. The van der Waals surface area contributed by atoms with Gasteiger partial charge in [0.25, 0.3) is 5.91 Å². The fourth-order valence-electron chi connectivity index (χ4n) is 3.75. The molecule has 5 rings (SSSR count). The lowest BCUT2D eigenvalue weighted by atomic mass is 9.99. The Hall–Kier alpha value is -3.05. The van der Waals surface area contributed by atoms with Gasteiger partial charge in [-0.15, -0.1) is 0 Å². The average Bonchev–Trinajstić information content (AvgIpc) is 3.44. The summed E-state index contributed by atoms with van der Waals surface area (Å²) in [4.78, 5) is 26.7. The average molecular weight is 489 g/mol. The lowest BCUT2D eigenvalue weighted by molar-refractivity contribution is 0.0440. The first kappa shape index (κ1) is 19.9. The summed E-state index contributed by atoms with van der Waals surface area (Å²) in [6.07, 6.45) is 3.77. The summed E-state index contributed by atoms with van der Waals surface area (Å²) in [6.45, 7) is 3.40. The number of hydrogen-bond acceptors (Lipinski definition) is 6. The van der Waals surface area contributed by atoms with Crippen LogP contribution in [0.25, 0.3) is 5.52 Å². The zero-order valence-electron chi connectivity index (χ0n) is 16.6. The number of fused-ring (bicyclic) bond motifs is 2. The molecule has 0 aliphatic carbocycles. The van der Waals surface area contributed by atoms with E-state index in [4.69, 9.17) is 4.42 Å². The number of carbonyl (C=O) groups excluding carboxylic acids is 1. The van der Waals surface area contributed by atoms with Crippen LogP contribution in [-0.4, -0.2) is 47.0 Å². The second-order valence-corrected chi connectivity index (χ2v) is 8.62. The van der Waals surface area contributed by atoms with Gasteiger partial charge in [-0.05, 0) is 48.0 Å². The van der Waals surface area contributed by atoms with E-state index in [9.17, 15) is 14.3 Å². The molecule has 0 fully saturated rings. The van der Waals surface area contributed by atoms with Crippen molar-refractivity contribution in [2.45, 2.75) is 31.9 Å². The van der Waals surface area contributed by atoms with E-state index in [0.717, 1.165) is 5.69 Å². The molecule has 1 aliphatic rings. The number of H-pyrrole nitrogens is 1. The molecule has 0 bridgehead atoms. The molecule has 4 aromatic heterocycles. The molecular weight excluding hydrogens is 471 g/mol. The van der Waals surface area contributed by atoms with Crippen LogP contribution in [0.5, 0.6) is 0 Å². The maximum absolute atomic E-state index is 14.3. The van der Waals surface area contributed by atoms with E-state index in [1.165, 1.54) is 24.4 Å². The van der Waals surface area contributed by atoms with Crippen molar-refractivity contribution in [1.82, 2.24) is 29.5 Å². The number of rotatable bonds is 3. The molecule has 160 valence electrons. The van der Waals surface area contributed by atoms with E-state index in [1.54, 1.807) is 29.6 Å². The Morgan fingerprint density at radius 2 is 2.26 bits per heavy atom. The predicted octanol–water partition coefficient (Wildman–Crippen LogP) is 2.96. The van der Waals surface area contributed by atoms with Crippen molar-refractivity contribution in [3.05, 3.63) is 69.9 Å². The number of imidazole rings is 1. The molecule has 4 aromatic rings. The first-order valence-electron chi connectivity index (χ1n) is 9.60. The Labute approximate surface area is 184 Å². The van der Waals surface area contributed by atoms with Crippen LogP contribution in [0.3, 0.4) is 0 Å². The predicted molar refractivity (Wildman–Crippen MR) is 110 cm³/mol. The Balaban J connectivity index is 1.61. The van der Waals surface area contributed by atoms with Crippen LogP contribution >= 0.6 is 15.9 Å². The Kier molecular flexibility index (Phi) is 4.48. The highest BCUT2D eigenvalue weighted by Crippen LogP contribution is 2.36. The molecule has 5 heterocycles. The van der Waals surface area contributed by atoms with Crippen molar-refractivity contribution in [1.29, 1.82) is 0 Å². The summed E-state index contributed by atoms with van der Waals surface area (Å²) in [5, 5.41) is 14.7. The molecule has 0 radical (unpaired) electrons. The fourth-order valence-corrected chi connectivity index (χ4v) is 4.17. The number of halogens is 2. The third-order valence-corrected chi connectivity index (χ3v) is 5.78. The Morgan fingerprint density at radius 3 is 2.97 bits per heavy atom. The van der Waals surface area contributed by atoms with Gasteiger partial charge in [-0.2, -0.15) is 5.10 Å². The zero-order chi connectivity index (χ0) is 21.9. The normalized spacial score (nSPS) is 16.7. The second kappa shape index (κ2) is 6.99. The molecule has 0 saturated carbocycles. The van der Waals surface area contributed by atoms with Gasteiger partial charge < -0.3 is 19.4 Å². The molecule has 2 N–H and O–H groups in total. The van der Waals surface area contributed by atoms with E-state index in [0.29, 0.717) is 29.9 Å². The zero-order valence-corrected chi connectivity index (χ0v) is 18.2. The van der Waals surface area contributed by atoms with Gasteiger partial charge in [-0.25, -0.2) is 18.9 Å². The molecule has 0 spiro atoms. The summed E-state index contributed by atoms with van der Waals surface area (Å²) in [6, 6.07) is 3.88. The molecule has 0 saturated heterocycles. The molecule has 1 amide bonds. The van der Waals surface area contributed by atoms with E-state index in [-0.39, 0.29) is 16.3 Å². The van der Waals surface area contributed by atoms with Crippen LogP contribution in [0.1, 0.15) is 53.4 Å². The Morgan fingerprint density at radius 1 is 1.45 bits per heavy atom. The summed E-state index contributed by atoms with van der Waals surface area (Å²) in [5.41, 5.74) is 0.960. The van der Waals surface area contributed by atoms with E-state index < -0.39 is 23.4 Å². The van der Waals surface area contributed by atoms with Crippen LogP contribution in [-0.2, 0) is 12.0 Å². The largest absolute Gasteiger partial charge is 0.431 e. The number of oxazole rings is 1. The van der Waals surface area contributed by atoms with Crippen LogP contribution in [0, 0.1) is 5.82 Å². The second-order valence-electron chi connectivity index (χ2n) is 7.87. The van der Waals surface area contributed by atoms with Crippen molar-refractivity contribution in [2.24, 2.45) is 0 Å². The molecule has 0 aromatic carbocycles. The van der Waals surface area contributed by atoms with E-state index in [2.05, 4.69) is 36.0 Å². The minimum Gasteiger partial charge on any atom is -0.431 e. The third kappa shape index (κ3) is 3.24. The maximum Gasteiger partial charge on any atom is 0.293 e. The number of nitrogens with zero attached hydrogens (tertiary/aromatic N) is 5. The summed E-state index contributed by atoms with van der Waals surface area (Å²) in [7, 11) is 0. The third-order valence-electron chi connectivity index (χ3n) is 5.24. The maximum atomic E-state index is 14.3. The smallest absolute Gasteiger partial charge is 0.293 e. The first-order valence-corrected chi connectivity index (χ1v) is 10.4. The number of aromatic amines is 1. The van der Waals surface area contributed by atoms with Crippen molar-refractivity contribution >= 4 is 27.4 Å². The topological polar surface area (TPSA) is 113 Å². The minimum atomic E-state index is -1.35. The number of nitrogens with one attached hydrogen (secondary N) is 1. The summed E-state index contributed by atoms with van der Waals surface area (Å²) < 4.78 is 21.5. The van der Waals surface area contributed by atoms with Gasteiger partial charge in [0.1, 0.15) is 23.0 Å². The molecule has 1 aliphatic heterocycles. The molecule has 9 nitrogen and oxygen atoms in total. The van der Waals surface area contributed by atoms with Crippen LogP contribution < -0.4 is 0 Å². The number of hydrogen-bond donors (Lipinski definition) is 2. The highest BCUT2D eigenvalue weighted by Gasteiger charge is 2.39. The van der Waals surface area contributed by atoms with Gasteiger partial charge in [0, 0.05) is 24.9 Å². The van der Waals surface area contributed by atoms with Gasteiger partial charge >= 0.3 is 0 Å². The quantitative estimate of drug-likeness (QED) is 0.458. The van der Waals surface area contributed by atoms with Gasteiger partial charge in [0.05, 0.1) is 17.7 Å². The molecular formula is C20H18BrFN6O3. The lowest BCUT2D eigenvalue weighted by Gasteiger charge is -2.33. The van der Waals surface area contributed by atoms with Crippen molar-refractivity contribution in [3.8, 4) is 0 Å². The van der Waals surface area contributed by atoms with Crippen LogP contribution in [0.4, 0.5) is 4.39 Å². The minimum absolute atomic E-state index is 0.0199. The number of aromatic nitrogens is 5. The molecule has 0 unspecified atom stereocenters. The number of carbonyl (C=O) groups is 1. The number of aliphatic hydroxyl groups is 1. The summed E-state index contributed by atoms with van der Waals surface area (Å²) in [5.74, 6) is -0.862. The van der Waals surface area contributed by atoms with E-state index >= 15 is 0 Å². The monoisotopic (exact) mass is 488 g/mol. The SMILES string of the molecule is CC(C)(O)c1nc(Br)c(C(=O)N2CCc3[nH]cnc3[C@@H]2c2cc3c(F)cccn3n2)o1. The number of amides is 1. The van der Waals surface area contributed by atoms with Crippen LogP contribution in [0.15, 0.2) is 39.7 Å². The van der Waals surface area contributed by atoms with E-state index in [1.807, 2.05) is 0 Å². The molecule has 1 atom stereocenters. The fraction of sp³-hybridized carbons (Fsp3) is 0.300. The summed E-state index contributed by atoms with van der Waals surface area (Å²) >= 11 is 3.26. The van der Waals surface area contributed by atoms with Crippen molar-refractivity contribution in [3.63, 3.8) is 0 Å². The number of pyridine rings is 1. The van der Waals surface area contributed by atoms with Gasteiger partial charge in [0.2, 0.25) is 11.7 Å². The van der Waals surface area contributed by atoms with Gasteiger partial charge in [0.15, 0.2) is 4.60 Å². The standard InChI is InChI=1S/C20H18BrFN6O3/c1-20(2,30)19-25-17(21)16(31-19)18(29)27-7-5-11-14(24-9-23-11)15(27)12-8-13-10(22)4-3-6-28(13)26-12/h3-4,6,8-9,15,30H,5,7H2,1-2H3,(H,23,24)/t15-/m0/s1. The molecule has 11 heteroatoms. The highest BCUT2D eigenvalue weighted by atomic mass is 79.9. The lowest BCUT2D eigenvalue weighted by Crippen LogP contribution is -2.41. The van der Waals surface area contributed by atoms with Gasteiger partial charge in [-0.3, -0.25) is 4.79 Å². The Bertz CT molecular complexity index is 1300. The van der Waals surface area contributed by atoms with Crippen molar-refractivity contribution in [2.75, 3.05) is 6.54 Å².